The number of carbonyl (C=O) groups excluding carboxylic acids is 1. The van der Waals surface area contributed by atoms with Crippen LogP contribution in [0, 0.1) is 6.92 Å². The summed E-state index contributed by atoms with van der Waals surface area (Å²) in [5.41, 5.74) is 2.58. The highest BCUT2D eigenvalue weighted by atomic mass is 32.2. The summed E-state index contributed by atoms with van der Waals surface area (Å²) >= 11 is 1.30. The summed E-state index contributed by atoms with van der Waals surface area (Å²) < 4.78 is 1.40. The van der Waals surface area contributed by atoms with Crippen LogP contribution in [0.25, 0.3) is 0 Å². The van der Waals surface area contributed by atoms with Crippen LogP contribution in [-0.2, 0) is 11.2 Å². The number of carbonyl (C=O) groups is 1. The Hall–Kier alpha value is -2.02. The van der Waals surface area contributed by atoms with E-state index < -0.39 is 0 Å². The minimum atomic E-state index is -0.00708. The Morgan fingerprint density at radius 2 is 2.27 bits per heavy atom. The van der Waals surface area contributed by atoms with E-state index in [2.05, 4.69) is 33.7 Å². The molecule has 116 valence electrons. The third kappa shape index (κ3) is 3.09. The number of rotatable bonds is 4. The van der Waals surface area contributed by atoms with E-state index in [9.17, 15) is 4.79 Å². The van der Waals surface area contributed by atoms with Crippen LogP contribution in [0.1, 0.15) is 35.8 Å². The Morgan fingerprint density at radius 3 is 3.05 bits per heavy atom. The number of nitrogens with one attached hydrogen (secondary N) is 1. The van der Waals surface area contributed by atoms with Crippen LogP contribution in [0.3, 0.4) is 0 Å². The number of aryl methyl sites for hydroxylation is 2. The van der Waals surface area contributed by atoms with Gasteiger partial charge in [-0.15, -0.1) is 10.2 Å². The van der Waals surface area contributed by atoms with Gasteiger partial charge in [-0.3, -0.25) is 4.79 Å². The van der Waals surface area contributed by atoms with E-state index in [1.54, 1.807) is 6.92 Å². The fraction of sp³-hybridized carbons (Fsp3) is 0.400. The van der Waals surface area contributed by atoms with Gasteiger partial charge < -0.3 is 11.2 Å². The molecule has 0 saturated heterocycles. The second-order valence-electron chi connectivity index (χ2n) is 5.40. The largest absolute Gasteiger partial charge is 0.349 e. The molecule has 3 rings (SSSR count). The molecule has 1 atom stereocenters. The fourth-order valence-electron chi connectivity index (χ4n) is 2.72. The molecule has 0 unspecified atom stereocenters. The predicted molar refractivity (Wildman–Crippen MR) is 85.9 cm³/mol. The maximum Gasteiger partial charge on any atom is 0.230 e. The highest BCUT2D eigenvalue weighted by Crippen LogP contribution is 2.29. The zero-order chi connectivity index (χ0) is 15.5. The first-order valence-corrected chi connectivity index (χ1v) is 8.31. The Morgan fingerprint density at radius 1 is 1.45 bits per heavy atom. The first-order valence-electron chi connectivity index (χ1n) is 7.32. The summed E-state index contributed by atoms with van der Waals surface area (Å²) in [5.74, 6) is 6.68. The van der Waals surface area contributed by atoms with Gasteiger partial charge in [-0.05, 0) is 37.3 Å². The summed E-state index contributed by atoms with van der Waals surface area (Å²) in [7, 11) is 0. The van der Waals surface area contributed by atoms with E-state index >= 15 is 0 Å². The molecular formula is C15H19N5OS. The lowest BCUT2D eigenvalue weighted by atomic mass is 9.88. The van der Waals surface area contributed by atoms with Crippen LogP contribution >= 0.6 is 11.8 Å². The second kappa shape index (κ2) is 6.39. The Labute approximate surface area is 133 Å². The second-order valence-corrected chi connectivity index (χ2v) is 6.34. The fourth-order valence-corrected chi connectivity index (χ4v) is 3.43. The molecule has 7 heteroatoms. The minimum Gasteiger partial charge on any atom is -0.349 e. The lowest BCUT2D eigenvalue weighted by molar-refractivity contribution is -0.119. The number of amides is 1. The van der Waals surface area contributed by atoms with E-state index in [4.69, 9.17) is 5.84 Å². The number of hydrogen-bond acceptors (Lipinski definition) is 5. The van der Waals surface area contributed by atoms with Crippen LogP contribution in [0.4, 0.5) is 0 Å². The van der Waals surface area contributed by atoms with Crippen molar-refractivity contribution >= 4 is 17.7 Å². The zero-order valence-electron chi connectivity index (χ0n) is 12.5. The van der Waals surface area contributed by atoms with E-state index in [0.29, 0.717) is 11.0 Å². The molecule has 1 aliphatic carbocycles. The highest BCUT2D eigenvalue weighted by molar-refractivity contribution is 7.99. The van der Waals surface area contributed by atoms with Crippen molar-refractivity contribution in [1.29, 1.82) is 0 Å². The maximum absolute atomic E-state index is 12.2. The lowest BCUT2D eigenvalue weighted by Gasteiger charge is -2.26. The number of hydrogen-bond donors (Lipinski definition) is 2. The van der Waals surface area contributed by atoms with Crippen molar-refractivity contribution in [2.45, 2.75) is 37.4 Å². The van der Waals surface area contributed by atoms with E-state index in [0.717, 1.165) is 19.3 Å². The topological polar surface area (TPSA) is 85.8 Å². The Bertz CT molecular complexity index is 684. The smallest absolute Gasteiger partial charge is 0.230 e. The maximum atomic E-state index is 12.2. The quantitative estimate of drug-likeness (QED) is 0.660. The van der Waals surface area contributed by atoms with Gasteiger partial charge in [-0.1, -0.05) is 36.0 Å². The molecule has 0 radical (unpaired) electrons. The number of benzene rings is 1. The van der Waals surface area contributed by atoms with Gasteiger partial charge >= 0.3 is 0 Å². The molecule has 2 aromatic rings. The van der Waals surface area contributed by atoms with Crippen LogP contribution in [0.5, 0.6) is 0 Å². The highest BCUT2D eigenvalue weighted by Gasteiger charge is 2.21. The van der Waals surface area contributed by atoms with Crippen LogP contribution in [0.2, 0.25) is 0 Å². The molecule has 1 heterocycles. The molecule has 1 amide bonds. The number of nitrogens with two attached hydrogens (primary N) is 1. The zero-order valence-corrected chi connectivity index (χ0v) is 13.3. The van der Waals surface area contributed by atoms with Crippen molar-refractivity contribution in [3.05, 3.63) is 41.2 Å². The van der Waals surface area contributed by atoms with Crippen molar-refractivity contribution in [1.82, 2.24) is 20.2 Å². The first-order chi connectivity index (χ1) is 10.6. The van der Waals surface area contributed by atoms with Gasteiger partial charge in [0.1, 0.15) is 5.82 Å². The summed E-state index contributed by atoms with van der Waals surface area (Å²) in [5, 5.41) is 11.5. The van der Waals surface area contributed by atoms with Crippen molar-refractivity contribution < 1.29 is 4.79 Å². The SMILES string of the molecule is Cc1nnc(SCC(=O)N[C@H]2CCCc3ccccc32)n1N. The molecule has 0 spiro atoms. The van der Waals surface area contributed by atoms with Crippen molar-refractivity contribution in [3.63, 3.8) is 0 Å². The average Bonchev–Trinajstić information content (AvgIpc) is 2.85. The average molecular weight is 317 g/mol. The van der Waals surface area contributed by atoms with Crippen LogP contribution in [0.15, 0.2) is 29.4 Å². The third-order valence-corrected chi connectivity index (χ3v) is 4.82. The van der Waals surface area contributed by atoms with Gasteiger partial charge in [0.15, 0.2) is 0 Å². The summed E-state index contributed by atoms with van der Waals surface area (Å²) in [6, 6.07) is 8.43. The number of aromatic nitrogens is 3. The van der Waals surface area contributed by atoms with Gasteiger partial charge in [-0.25, -0.2) is 4.68 Å². The van der Waals surface area contributed by atoms with E-state index in [1.807, 2.05) is 6.07 Å². The summed E-state index contributed by atoms with van der Waals surface area (Å²) in [6.45, 7) is 1.77. The Balaban J connectivity index is 1.60. The third-order valence-electron chi connectivity index (χ3n) is 3.87. The molecular weight excluding hydrogens is 298 g/mol. The molecule has 22 heavy (non-hydrogen) atoms. The van der Waals surface area contributed by atoms with Gasteiger partial charge in [-0.2, -0.15) is 0 Å². The molecule has 3 N–H and O–H groups in total. The standard InChI is InChI=1S/C15H19N5OS/c1-10-18-19-15(20(10)16)22-9-14(21)17-13-8-4-6-11-5-2-3-7-12(11)13/h2-3,5,7,13H,4,6,8-9,16H2,1H3,(H,17,21)/t13-/m0/s1. The van der Waals surface area contributed by atoms with Gasteiger partial charge in [0.05, 0.1) is 11.8 Å². The van der Waals surface area contributed by atoms with E-state index in [1.165, 1.54) is 27.6 Å². The molecule has 1 aromatic carbocycles. The van der Waals surface area contributed by atoms with Crippen molar-refractivity contribution in [2.24, 2.45) is 0 Å². The number of thioether (sulfide) groups is 1. The normalized spacial score (nSPS) is 17.0. The number of nitrogen functional groups attached to an aromatic ring is 1. The van der Waals surface area contributed by atoms with E-state index in [-0.39, 0.29) is 17.7 Å². The van der Waals surface area contributed by atoms with Crippen molar-refractivity contribution in [3.8, 4) is 0 Å². The van der Waals surface area contributed by atoms with Gasteiger partial charge in [0.25, 0.3) is 0 Å². The minimum absolute atomic E-state index is 0.00708. The molecule has 6 nitrogen and oxygen atoms in total. The van der Waals surface area contributed by atoms with Gasteiger partial charge in [0.2, 0.25) is 11.1 Å². The molecule has 0 bridgehead atoms. The van der Waals surface area contributed by atoms with Crippen LogP contribution < -0.4 is 11.2 Å². The Kier molecular flexibility index (Phi) is 4.33. The molecule has 0 fully saturated rings. The number of fused-ring (bicyclic) bond motifs is 1. The number of nitrogens with zero attached hydrogens (tertiary/aromatic N) is 3. The molecule has 1 aliphatic rings. The summed E-state index contributed by atoms with van der Waals surface area (Å²) in [6.07, 6.45) is 3.18. The molecule has 0 saturated carbocycles. The predicted octanol–water partition coefficient (Wildman–Crippen LogP) is 1.59. The lowest BCUT2D eigenvalue weighted by Crippen LogP contribution is -2.32. The molecule has 0 aliphatic heterocycles. The molecule has 1 aromatic heterocycles. The monoisotopic (exact) mass is 317 g/mol. The van der Waals surface area contributed by atoms with Crippen LogP contribution in [-0.4, -0.2) is 26.5 Å². The van der Waals surface area contributed by atoms with Crippen molar-refractivity contribution in [2.75, 3.05) is 11.6 Å². The first kappa shape index (κ1) is 14.9. The van der Waals surface area contributed by atoms with Gasteiger partial charge in [0, 0.05) is 0 Å². The summed E-state index contributed by atoms with van der Waals surface area (Å²) in [4.78, 5) is 12.2.